The zero-order chi connectivity index (χ0) is 15.5. The largest absolute Gasteiger partial charge is 0.378 e. The minimum atomic E-state index is -0.501. The number of piperidine rings is 1. The number of amides is 2. The Balaban J connectivity index is 0.00000144. The van der Waals surface area contributed by atoms with Crippen molar-refractivity contribution in [2.75, 3.05) is 39.4 Å². The van der Waals surface area contributed by atoms with Gasteiger partial charge in [-0.05, 0) is 6.42 Å². The lowest BCUT2D eigenvalue weighted by atomic mass is 9.94. The van der Waals surface area contributed by atoms with Crippen molar-refractivity contribution in [2.45, 2.75) is 12.5 Å². The van der Waals surface area contributed by atoms with Crippen LogP contribution < -0.4 is 11.1 Å². The molecule has 0 spiro atoms. The maximum Gasteiger partial charge on any atom is 0.266 e. The standard InChI is InChI=1S/C14H21N5O3.2ClH/c15-13(20)12-8-17-9-19(12)11-5-10(6-16-7-11)14(21)18-1-3-22-4-2-18;;/h8-11,16H,1-7H2,(H2,15,20);2*1H/t10-,11+;;/m1../s1. The molecule has 0 unspecified atom stereocenters. The van der Waals surface area contributed by atoms with Crippen LogP contribution in [0.2, 0.25) is 0 Å². The number of hydrogen-bond donors (Lipinski definition) is 2. The van der Waals surface area contributed by atoms with Gasteiger partial charge in [-0.25, -0.2) is 4.98 Å². The summed E-state index contributed by atoms with van der Waals surface area (Å²) in [6.45, 7) is 3.86. The predicted octanol–water partition coefficient (Wildman–Crippen LogP) is -0.165. The monoisotopic (exact) mass is 379 g/mol. The van der Waals surface area contributed by atoms with Gasteiger partial charge < -0.3 is 25.3 Å². The maximum absolute atomic E-state index is 12.6. The molecule has 1 aromatic heterocycles. The van der Waals surface area contributed by atoms with Crippen LogP contribution in [-0.2, 0) is 9.53 Å². The van der Waals surface area contributed by atoms with Crippen molar-refractivity contribution < 1.29 is 14.3 Å². The molecular formula is C14H23Cl2N5O3. The van der Waals surface area contributed by atoms with Crippen LogP contribution in [0.1, 0.15) is 23.0 Å². The molecule has 2 atom stereocenters. The van der Waals surface area contributed by atoms with E-state index in [4.69, 9.17) is 10.5 Å². The number of nitrogens with zero attached hydrogens (tertiary/aromatic N) is 3. The topological polar surface area (TPSA) is 102 Å². The molecule has 0 aliphatic carbocycles. The van der Waals surface area contributed by atoms with E-state index in [1.165, 1.54) is 6.20 Å². The van der Waals surface area contributed by atoms with E-state index < -0.39 is 5.91 Å². The molecule has 8 nitrogen and oxygen atoms in total. The second kappa shape index (κ2) is 9.22. The van der Waals surface area contributed by atoms with E-state index in [-0.39, 0.29) is 42.7 Å². The fraction of sp³-hybridized carbons (Fsp3) is 0.643. The SMILES string of the molecule is Cl.Cl.NC(=O)c1cncn1[C@@H]1CNC[C@H](C(=O)N2CCOCC2)C1. The lowest BCUT2D eigenvalue weighted by Crippen LogP contribution is -2.49. The van der Waals surface area contributed by atoms with Gasteiger partial charge in [-0.3, -0.25) is 9.59 Å². The lowest BCUT2D eigenvalue weighted by Gasteiger charge is -2.35. The average molecular weight is 380 g/mol. The van der Waals surface area contributed by atoms with Crippen LogP contribution in [0.25, 0.3) is 0 Å². The van der Waals surface area contributed by atoms with E-state index in [0.717, 1.165) is 0 Å². The van der Waals surface area contributed by atoms with Gasteiger partial charge in [-0.2, -0.15) is 0 Å². The normalized spacial score (nSPS) is 23.8. The Morgan fingerprint density at radius 1 is 1.25 bits per heavy atom. The highest BCUT2D eigenvalue weighted by molar-refractivity contribution is 5.90. The minimum absolute atomic E-state index is 0. The molecule has 2 fully saturated rings. The lowest BCUT2D eigenvalue weighted by molar-refractivity contribution is -0.140. The Morgan fingerprint density at radius 2 is 1.96 bits per heavy atom. The summed E-state index contributed by atoms with van der Waals surface area (Å²) in [5, 5.41) is 3.28. The highest BCUT2D eigenvalue weighted by Crippen LogP contribution is 2.24. The van der Waals surface area contributed by atoms with Crippen molar-refractivity contribution in [3.63, 3.8) is 0 Å². The van der Waals surface area contributed by atoms with E-state index in [9.17, 15) is 9.59 Å². The van der Waals surface area contributed by atoms with Crippen LogP contribution in [0.4, 0.5) is 0 Å². The van der Waals surface area contributed by atoms with Crippen LogP contribution in [0, 0.1) is 5.92 Å². The number of hydrogen-bond acceptors (Lipinski definition) is 5. The molecule has 2 amide bonds. The Kier molecular flexibility index (Phi) is 7.95. The molecule has 3 heterocycles. The molecule has 0 bridgehead atoms. The second-order valence-electron chi connectivity index (χ2n) is 5.73. The molecule has 136 valence electrons. The molecule has 24 heavy (non-hydrogen) atoms. The Bertz CT molecular complexity index is 562. The molecule has 3 N–H and O–H groups in total. The molecule has 0 saturated carbocycles. The molecule has 0 aromatic carbocycles. The van der Waals surface area contributed by atoms with Crippen molar-refractivity contribution in [2.24, 2.45) is 11.7 Å². The number of nitrogens with one attached hydrogen (secondary N) is 1. The highest BCUT2D eigenvalue weighted by atomic mass is 35.5. The molecule has 10 heteroatoms. The van der Waals surface area contributed by atoms with E-state index in [1.54, 1.807) is 10.9 Å². The first-order chi connectivity index (χ1) is 10.7. The van der Waals surface area contributed by atoms with Crippen molar-refractivity contribution in [1.29, 1.82) is 0 Å². The van der Waals surface area contributed by atoms with Crippen molar-refractivity contribution in [1.82, 2.24) is 19.8 Å². The first-order valence-electron chi connectivity index (χ1n) is 7.55. The quantitative estimate of drug-likeness (QED) is 0.759. The van der Waals surface area contributed by atoms with Crippen molar-refractivity contribution >= 4 is 36.6 Å². The third kappa shape index (κ3) is 4.38. The molecule has 2 aliphatic heterocycles. The molecule has 1 aromatic rings. The first kappa shape index (κ1) is 20.7. The molecule has 2 aliphatic rings. The number of morpholine rings is 1. The predicted molar refractivity (Wildman–Crippen MR) is 92.7 cm³/mol. The first-order valence-corrected chi connectivity index (χ1v) is 7.55. The smallest absolute Gasteiger partial charge is 0.266 e. The Morgan fingerprint density at radius 3 is 2.62 bits per heavy atom. The van der Waals surface area contributed by atoms with Gasteiger partial charge in [0, 0.05) is 32.2 Å². The summed E-state index contributed by atoms with van der Waals surface area (Å²) in [4.78, 5) is 29.9. The zero-order valence-electron chi connectivity index (χ0n) is 13.2. The van der Waals surface area contributed by atoms with Crippen LogP contribution in [0.5, 0.6) is 0 Å². The highest BCUT2D eigenvalue weighted by Gasteiger charge is 2.32. The third-order valence-electron chi connectivity index (χ3n) is 4.31. The van der Waals surface area contributed by atoms with E-state index in [1.807, 2.05) is 4.90 Å². The number of ether oxygens (including phenoxy) is 1. The van der Waals surface area contributed by atoms with Gasteiger partial charge in [0.1, 0.15) is 5.69 Å². The number of halogens is 2. The number of nitrogens with two attached hydrogens (primary N) is 1. The molecular weight excluding hydrogens is 357 g/mol. The van der Waals surface area contributed by atoms with E-state index in [0.29, 0.717) is 51.5 Å². The number of rotatable bonds is 3. The number of primary amides is 1. The molecule has 3 rings (SSSR count). The number of carbonyl (C=O) groups excluding carboxylic acids is 2. The number of aromatic nitrogens is 2. The van der Waals surface area contributed by atoms with Gasteiger partial charge in [0.25, 0.3) is 5.91 Å². The van der Waals surface area contributed by atoms with E-state index in [2.05, 4.69) is 10.3 Å². The molecule has 2 saturated heterocycles. The van der Waals surface area contributed by atoms with Crippen LogP contribution in [-0.4, -0.2) is 65.7 Å². The van der Waals surface area contributed by atoms with Crippen molar-refractivity contribution in [3.8, 4) is 0 Å². The van der Waals surface area contributed by atoms with E-state index >= 15 is 0 Å². The molecule has 0 radical (unpaired) electrons. The summed E-state index contributed by atoms with van der Waals surface area (Å²) >= 11 is 0. The summed E-state index contributed by atoms with van der Waals surface area (Å²) < 4.78 is 7.06. The average Bonchev–Trinajstić information content (AvgIpc) is 3.05. The summed E-state index contributed by atoms with van der Waals surface area (Å²) in [5.41, 5.74) is 5.75. The third-order valence-corrected chi connectivity index (χ3v) is 4.31. The van der Waals surface area contributed by atoms with Crippen LogP contribution >= 0.6 is 24.8 Å². The van der Waals surface area contributed by atoms with Gasteiger partial charge >= 0.3 is 0 Å². The van der Waals surface area contributed by atoms with Crippen LogP contribution in [0.3, 0.4) is 0 Å². The minimum Gasteiger partial charge on any atom is -0.378 e. The van der Waals surface area contributed by atoms with Crippen molar-refractivity contribution in [3.05, 3.63) is 18.2 Å². The summed E-state index contributed by atoms with van der Waals surface area (Å²) in [7, 11) is 0. The zero-order valence-corrected chi connectivity index (χ0v) is 14.9. The van der Waals surface area contributed by atoms with Gasteiger partial charge in [-0.15, -0.1) is 24.8 Å². The number of carbonyl (C=O) groups is 2. The second-order valence-corrected chi connectivity index (χ2v) is 5.73. The fourth-order valence-electron chi connectivity index (χ4n) is 3.15. The van der Waals surface area contributed by atoms with Gasteiger partial charge in [0.15, 0.2) is 0 Å². The Hall–Kier alpha value is -1.35. The summed E-state index contributed by atoms with van der Waals surface area (Å²) in [5.74, 6) is -0.444. The van der Waals surface area contributed by atoms with Crippen LogP contribution in [0.15, 0.2) is 12.5 Å². The fourth-order valence-corrected chi connectivity index (χ4v) is 3.15. The summed E-state index contributed by atoms with van der Waals surface area (Å²) in [6, 6.07) is 0.00809. The van der Waals surface area contributed by atoms with Gasteiger partial charge in [-0.1, -0.05) is 0 Å². The summed E-state index contributed by atoms with van der Waals surface area (Å²) in [6.07, 6.45) is 3.75. The Labute approximate surface area is 152 Å². The van der Waals surface area contributed by atoms with Gasteiger partial charge in [0.05, 0.1) is 31.7 Å². The number of imidazole rings is 1. The van der Waals surface area contributed by atoms with Gasteiger partial charge in [0.2, 0.25) is 5.91 Å². The maximum atomic E-state index is 12.6.